The van der Waals surface area contributed by atoms with E-state index in [-0.39, 0.29) is 16.7 Å². The van der Waals surface area contributed by atoms with E-state index in [9.17, 15) is 18.0 Å². The molecule has 0 spiro atoms. The summed E-state index contributed by atoms with van der Waals surface area (Å²) < 4.78 is 35.5. The first kappa shape index (κ1) is 27.8. The molecule has 0 unspecified atom stereocenters. The van der Waals surface area contributed by atoms with Crippen LogP contribution in [0.2, 0.25) is 0 Å². The molecule has 0 N–H and O–H groups in total. The first-order chi connectivity index (χ1) is 17.0. The molecule has 3 rings (SSSR count). The van der Waals surface area contributed by atoms with Crippen LogP contribution >= 0.6 is 11.3 Å². The maximum Gasteiger partial charge on any atom is 0.337 e. The number of rotatable bonds is 9. The summed E-state index contributed by atoms with van der Waals surface area (Å²) in [6.45, 7) is 11.3. The van der Waals surface area contributed by atoms with E-state index in [1.54, 1.807) is 12.1 Å². The Kier molecular flexibility index (Phi) is 8.86. The van der Waals surface area contributed by atoms with Gasteiger partial charge in [-0.15, -0.1) is 0 Å². The number of carbonyl (C=O) groups is 2. The molecule has 0 aliphatic carbocycles. The summed E-state index contributed by atoms with van der Waals surface area (Å²) >= 11 is 1.30. The van der Waals surface area contributed by atoms with Crippen LogP contribution in [0.25, 0.3) is 10.2 Å². The number of fused-ring (bicyclic) bond motifs is 1. The van der Waals surface area contributed by atoms with Gasteiger partial charge in [0.25, 0.3) is 5.91 Å². The van der Waals surface area contributed by atoms with Crippen LogP contribution in [0.5, 0.6) is 0 Å². The predicted octanol–water partition coefficient (Wildman–Crippen LogP) is 4.55. The Bertz CT molecular complexity index is 1410. The Morgan fingerprint density at radius 3 is 2.11 bits per heavy atom. The molecule has 0 saturated carbocycles. The van der Waals surface area contributed by atoms with E-state index in [0.29, 0.717) is 35.6 Å². The number of nitrogens with zero attached hydrogens (tertiary/aromatic N) is 3. The number of thiazole rings is 1. The Morgan fingerprint density at radius 2 is 1.58 bits per heavy atom. The van der Waals surface area contributed by atoms with Crippen molar-refractivity contribution < 1.29 is 22.7 Å². The predicted molar refractivity (Wildman–Crippen MR) is 142 cm³/mol. The van der Waals surface area contributed by atoms with E-state index in [1.165, 1.54) is 47.0 Å². The molecule has 1 heterocycles. The number of hydrogen-bond acceptors (Lipinski definition) is 6. The maximum absolute atomic E-state index is 13.2. The van der Waals surface area contributed by atoms with E-state index in [0.717, 1.165) is 10.2 Å². The summed E-state index contributed by atoms with van der Waals surface area (Å²) in [5, 5.41) is 0. The minimum atomic E-state index is -3.68. The zero-order valence-corrected chi connectivity index (χ0v) is 23.1. The molecule has 8 nitrogen and oxygen atoms in total. The third kappa shape index (κ3) is 6.11. The van der Waals surface area contributed by atoms with Crippen molar-refractivity contribution in [1.82, 2.24) is 8.87 Å². The Labute approximate surface area is 216 Å². The van der Waals surface area contributed by atoms with E-state index in [2.05, 4.69) is 4.99 Å². The molecule has 0 fully saturated rings. The second-order valence-corrected chi connectivity index (χ2v) is 12.3. The molecular formula is C26H33N3O5S2. The number of esters is 1. The molecule has 2 aromatic carbocycles. The van der Waals surface area contributed by atoms with Crippen LogP contribution in [0.4, 0.5) is 0 Å². The first-order valence-corrected chi connectivity index (χ1v) is 14.1. The number of sulfonamides is 1. The highest BCUT2D eigenvalue weighted by Gasteiger charge is 2.26. The number of hydrogen-bond donors (Lipinski definition) is 0. The summed E-state index contributed by atoms with van der Waals surface area (Å²) in [6, 6.07) is 11.1. The summed E-state index contributed by atoms with van der Waals surface area (Å²) in [7, 11) is -2.35. The third-order valence-corrected chi connectivity index (χ3v) is 8.38. The number of benzene rings is 2. The van der Waals surface area contributed by atoms with Gasteiger partial charge < -0.3 is 9.30 Å². The molecule has 194 valence electrons. The Hall–Kier alpha value is -2.82. The average Bonchev–Trinajstić information content (AvgIpc) is 3.18. The number of aromatic nitrogens is 1. The highest BCUT2D eigenvalue weighted by molar-refractivity contribution is 7.89. The highest BCUT2D eigenvalue weighted by atomic mass is 32.2. The van der Waals surface area contributed by atoms with Gasteiger partial charge in [-0.05, 0) is 61.2 Å². The number of carbonyl (C=O) groups excluding carboxylic acids is 2. The molecule has 10 heteroatoms. The van der Waals surface area contributed by atoms with Crippen molar-refractivity contribution in [2.24, 2.45) is 16.8 Å². The second-order valence-electron chi connectivity index (χ2n) is 9.35. The van der Waals surface area contributed by atoms with Crippen molar-refractivity contribution in [3.05, 3.63) is 58.4 Å². The van der Waals surface area contributed by atoms with Gasteiger partial charge >= 0.3 is 5.97 Å². The normalized spacial score (nSPS) is 12.8. The number of ether oxygens (including phenoxy) is 1. The molecule has 0 radical (unpaired) electrons. The number of methoxy groups -OCH3 is 1. The van der Waals surface area contributed by atoms with Gasteiger partial charge in [0.2, 0.25) is 10.0 Å². The van der Waals surface area contributed by atoms with Crippen molar-refractivity contribution in [1.29, 1.82) is 0 Å². The SMILES string of the molecule is CCn1c(=NC(=O)c2ccc(S(=O)(=O)N(CC(C)C)CC(C)C)cc2)sc2cc(C(=O)OC)ccc21. The zero-order chi connectivity index (χ0) is 26.6. The van der Waals surface area contributed by atoms with Crippen LogP contribution in [-0.4, -0.2) is 49.4 Å². The molecule has 0 aliphatic heterocycles. The summed E-state index contributed by atoms with van der Waals surface area (Å²) in [4.78, 5) is 29.8. The smallest absolute Gasteiger partial charge is 0.337 e. The molecule has 36 heavy (non-hydrogen) atoms. The molecule has 0 atom stereocenters. The van der Waals surface area contributed by atoms with E-state index in [1.807, 2.05) is 45.3 Å². The Balaban J connectivity index is 1.94. The summed E-state index contributed by atoms with van der Waals surface area (Å²) in [6.07, 6.45) is 0. The topological polar surface area (TPSA) is 98.0 Å². The van der Waals surface area contributed by atoms with Crippen LogP contribution in [0.1, 0.15) is 55.3 Å². The van der Waals surface area contributed by atoms with Gasteiger partial charge in [0, 0.05) is 25.2 Å². The number of aryl methyl sites for hydroxylation is 1. The van der Waals surface area contributed by atoms with Crippen LogP contribution in [-0.2, 0) is 21.3 Å². The quantitative estimate of drug-likeness (QED) is 0.377. The fourth-order valence-electron chi connectivity index (χ4n) is 3.86. The van der Waals surface area contributed by atoms with Crippen molar-refractivity contribution in [2.45, 2.75) is 46.1 Å². The van der Waals surface area contributed by atoms with Crippen LogP contribution in [0.3, 0.4) is 0 Å². The third-order valence-electron chi connectivity index (χ3n) is 5.49. The highest BCUT2D eigenvalue weighted by Crippen LogP contribution is 2.21. The lowest BCUT2D eigenvalue weighted by molar-refractivity contribution is 0.0600. The lowest BCUT2D eigenvalue weighted by atomic mass is 10.2. The largest absolute Gasteiger partial charge is 0.465 e. The minimum absolute atomic E-state index is 0.154. The van der Waals surface area contributed by atoms with Gasteiger partial charge in [-0.1, -0.05) is 39.0 Å². The molecule has 1 aromatic heterocycles. The van der Waals surface area contributed by atoms with Gasteiger partial charge in [-0.2, -0.15) is 9.30 Å². The van der Waals surface area contributed by atoms with E-state index >= 15 is 0 Å². The second kappa shape index (κ2) is 11.5. The maximum atomic E-state index is 13.2. The molecular weight excluding hydrogens is 498 g/mol. The lowest BCUT2D eigenvalue weighted by Gasteiger charge is -2.25. The van der Waals surface area contributed by atoms with Crippen LogP contribution in [0, 0.1) is 11.8 Å². The molecule has 0 aliphatic rings. The monoisotopic (exact) mass is 531 g/mol. The van der Waals surface area contributed by atoms with Gasteiger partial charge in [0.05, 0.1) is 27.8 Å². The lowest BCUT2D eigenvalue weighted by Crippen LogP contribution is -2.37. The van der Waals surface area contributed by atoms with Gasteiger partial charge in [0.15, 0.2) is 4.80 Å². The van der Waals surface area contributed by atoms with Gasteiger partial charge in [0.1, 0.15) is 0 Å². The van der Waals surface area contributed by atoms with E-state index in [4.69, 9.17) is 4.74 Å². The molecule has 1 amide bonds. The summed E-state index contributed by atoms with van der Waals surface area (Å²) in [5.74, 6) is -0.526. The zero-order valence-electron chi connectivity index (χ0n) is 21.5. The van der Waals surface area contributed by atoms with Crippen molar-refractivity contribution in [2.75, 3.05) is 20.2 Å². The minimum Gasteiger partial charge on any atom is -0.465 e. The standard InChI is InChI=1S/C26H33N3O5S2/c1-7-29-22-13-10-20(25(31)34-6)14-23(22)35-26(29)27-24(30)19-8-11-21(12-9-19)36(32,33)28(15-17(2)3)16-18(4)5/h8-14,17-18H,7,15-16H2,1-6H3. The van der Waals surface area contributed by atoms with Crippen molar-refractivity contribution in [3.8, 4) is 0 Å². The first-order valence-electron chi connectivity index (χ1n) is 11.9. The van der Waals surface area contributed by atoms with Crippen LogP contribution in [0.15, 0.2) is 52.4 Å². The average molecular weight is 532 g/mol. The van der Waals surface area contributed by atoms with Gasteiger partial charge in [-0.25, -0.2) is 13.2 Å². The van der Waals surface area contributed by atoms with E-state index < -0.39 is 21.9 Å². The molecule has 0 bridgehead atoms. The fraction of sp³-hybridized carbons (Fsp3) is 0.423. The molecule has 0 saturated heterocycles. The van der Waals surface area contributed by atoms with Crippen molar-refractivity contribution >= 4 is 43.5 Å². The fourth-order valence-corrected chi connectivity index (χ4v) is 6.76. The van der Waals surface area contributed by atoms with Crippen LogP contribution < -0.4 is 4.80 Å². The van der Waals surface area contributed by atoms with Gasteiger partial charge in [-0.3, -0.25) is 4.79 Å². The molecule has 3 aromatic rings. The van der Waals surface area contributed by atoms with Crippen molar-refractivity contribution in [3.63, 3.8) is 0 Å². The number of amides is 1. The Morgan fingerprint density at radius 1 is 1.00 bits per heavy atom. The summed E-state index contributed by atoms with van der Waals surface area (Å²) in [5.41, 5.74) is 1.58.